The second-order valence-corrected chi connectivity index (χ2v) is 4.30. The van der Waals surface area contributed by atoms with Gasteiger partial charge in [-0.05, 0) is 40.8 Å². The largest absolute Gasteiger partial charge is 0.508 e. The summed E-state index contributed by atoms with van der Waals surface area (Å²) in [5.74, 6) is -0.996. The van der Waals surface area contributed by atoms with Gasteiger partial charge >= 0.3 is 5.97 Å². The minimum Gasteiger partial charge on any atom is -0.508 e. The average Bonchev–Trinajstić information content (AvgIpc) is 2.77. The van der Waals surface area contributed by atoms with Gasteiger partial charge in [0.15, 0.2) is 0 Å². The zero-order chi connectivity index (χ0) is 12.4. The number of phenols is 1. The van der Waals surface area contributed by atoms with Crippen LogP contribution in [0.15, 0.2) is 29.6 Å². The molecule has 4 nitrogen and oxygen atoms in total. The number of carboxylic acid groups (broad SMARTS) is 1. The second kappa shape index (κ2) is 4.28. The Hall–Kier alpha value is -2.32. The molecular formula is C12H7NO3S. The molecule has 1 heterocycles. The Labute approximate surface area is 101 Å². The van der Waals surface area contributed by atoms with Gasteiger partial charge in [0.1, 0.15) is 10.6 Å². The predicted octanol–water partition coefficient (Wildman–Crippen LogP) is 2.69. The summed E-state index contributed by atoms with van der Waals surface area (Å²) >= 11 is 1.11. The highest BCUT2D eigenvalue weighted by Crippen LogP contribution is 2.29. The molecule has 0 radical (unpaired) electrons. The van der Waals surface area contributed by atoms with Gasteiger partial charge in [-0.1, -0.05) is 0 Å². The molecule has 0 spiro atoms. The number of benzene rings is 1. The SMILES string of the molecule is N#Cc1cc(O)cc(-c2csc(C(=O)O)c2)c1. The molecule has 0 atom stereocenters. The second-order valence-electron chi connectivity index (χ2n) is 3.39. The van der Waals surface area contributed by atoms with E-state index in [1.165, 1.54) is 18.2 Å². The maximum atomic E-state index is 10.7. The summed E-state index contributed by atoms with van der Waals surface area (Å²) in [6, 6.07) is 7.91. The molecule has 0 amide bonds. The number of phenolic OH excluding ortho intramolecular Hbond substituents is 1. The van der Waals surface area contributed by atoms with E-state index in [-0.39, 0.29) is 10.6 Å². The molecule has 2 rings (SSSR count). The van der Waals surface area contributed by atoms with E-state index in [4.69, 9.17) is 10.4 Å². The molecule has 0 saturated heterocycles. The zero-order valence-corrected chi connectivity index (χ0v) is 9.36. The molecule has 0 aliphatic heterocycles. The standard InChI is InChI=1S/C12H7NO3S/c13-5-7-1-8(3-10(14)2-7)9-4-11(12(15)16)17-6-9/h1-4,6,14H,(H,15,16). The van der Waals surface area contributed by atoms with Gasteiger partial charge in [0.25, 0.3) is 0 Å². The van der Waals surface area contributed by atoms with E-state index < -0.39 is 5.97 Å². The first kappa shape index (κ1) is 11.2. The first-order chi connectivity index (χ1) is 8.10. The van der Waals surface area contributed by atoms with Crippen molar-refractivity contribution in [3.63, 3.8) is 0 Å². The molecule has 0 aliphatic carbocycles. The molecule has 5 heteroatoms. The normalized spacial score (nSPS) is 9.82. The van der Waals surface area contributed by atoms with Crippen molar-refractivity contribution in [1.82, 2.24) is 0 Å². The Morgan fingerprint density at radius 1 is 1.24 bits per heavy atom. The van der Waals surface area contributed by atoms with Crippen molar-refractivity contribution < 1.29 is 15.0 Å². The maximum Gasteiger partial charge on any atom is 0.345 e. The fraction of sp³-hybridized carbons (Fsp3) is 0. The average molecular weight is 245 g/mol. The number of aromatic hydroxyl groups is 1. The lowest BCUT2D eigenvalue weighted by molar-refractivity contribution is 0.0702. The van der Waals surface area contributed by atoms with E-state index in [0.29, 0.717) is 16.7 Å². The highest BCUT2D eigenvalue weighted by Gasteiger charge is 2.09. The van der Waals surface area contributed by atoms with Crippen molar-refractivity contribution in [3.05, 3.63) is 40.1 Å². The zero-order valence-electron chi connectivity index (χ0n) is 8.54. The summed E-state index contributed by atoms with van der Waals surface area (Å²) in [6.45, 7) is 0. The lowest BCUT2D eigenvalue weighted by Gasteiger charge is -2.00. The van der Waals surface area contributed by atoms with Crippen LogP contribution in [0.1, 0.15) is 15.2 Å². The Balaban J connectivity index is 2.49. The van der Waals surface area contributed by atoms with E-state index in [1.807, 2.05) is 6.07 Å². The molecule has 0 bridgehead atoms. The number of thiophene rings is 1. The number of hydrogen-bond acceptors (Lipinski definition) is 4. The van der Waals surface area contributed by atoms with Crippen LogP contribution in [0.4, 0.5) is 0 Å². The van der Waals surface area contributed by atoms with Crippen LogP contribution >= 0.6 is 11.3 Å². The fourth-order valence-corrected chi connectivity index (χ4v) is 2.20. The lowest BCUT2D eigenvalue weighted by Crippen LogP contribution is -1.90. The van der Waals surface area contributed by atoms with Gasteiger partial charge in [-0.25, -0.2) is 4.79 Å². The van der Waals surface area contributed by atoms with Crippen molar-refractivity contribution >= 4 is 17.3 Å². The first-order valence-electron chi connectivity index (χ1n) is 4.66. The molecule has 17 heavy (non-hydrogen) atoms. The Kier molecular flexibility index (Phi) is 2.81. The highest BCUT2D eigenvalue weighted by molar-refractivity contribution is 7.12. The van der Waals surface area contributed by atoms with Gasteiger partial charge < -0.3 is 10.2 Å². The van der Waals surface area contributed by atoms with Crippen LogP contribution in [-0.2, 0) is 0 Å². The molecule has 1 aromatic carbocycles. The van der Waals surface area contributed by atoms with Crippen LogP contribution in [0.3, 0.4) is 0 Å². The monoisotopic (exact) mass is 245 g/mol. The van der Waals surface area contributed by atoms with Crippen molar-refractivity contribution in [2.75, 3.05) is 0 Å². The summed E-state index contributed by atoms with van der Waals surface area (Å²) in [4.78, 5) is 11.0. The van der Waals surface area contributed by atoms with Crippen molar-refractivity contribution in [1.29, 1.82) is 5.26 Å². The molecule has 0 aliphatic rings. The third-order valence-corrected chi connectivity index (χ3v) is 3.11. The van der Waals surface area contributed by atoms with Gasteiger partial charge in [0.05, 0.1) is 11.6 Å². The van der Waals surface area contributed by atoms with Crippen LogP contribution in [0.2, 0.25) is 0 Å². The lowest BCUT2D eigenvalue weighted by atomic mass is 10.1. The molecule has 0 saturated carbocycles. The van der Waals surface area contributed by atoms with Crippen LogP contribution in [-0.4, -0.2) is 16.2 Å². The molecule has 1 aromatic heterocycles. The van der Waals surface area contributed by atoms with Gasteiger partial charge in [-0.15, -0.1) is 11.3 Å². The molecule has 0 unspecified atom stereocenters. The summed E-state index contributed by atoms with van der Waals surface area (Å²) in [7, 11) is 0. The number of nitriles is 1. The summed E-state index contributed by atoms with van der Waals surface area (Å²) in [5, 5.41) is 28.7. The van der Waals surface area contributed by atoms with Crippen molar-refractivity contribution in [3.8, 4) is 22.9 Å². The smallest absolute Gasteiger partial charge is 0.345 e. The Bertz CT molecular complexity index is 625. The maximum absolute atomic E-state index is 10.7. The molecule has 2 N–H and O–H groups in total. The molecular weight excluding hydrogens is 238 g/mol. The van der Waals surface area contributed by atoms with Crippen molar-refractivity contribution in [2.24, 2.45) is 0 Å². The van der Waals surface area contributed by atoms with E-state index in [0.717, 1.165) is 11.3 Å². The van der Waals surface area contributed by atoms with Gasteiger partial charge in [-0.2, -0.15) is 5.26 Å². The fourth-order valence-electron chi connectivity index (χ4n) is 1.44. The molecule has 84 valence electrons. The minimum absolute atomic E-state index is 0.0119. The highest BCUT2D eigenvalue weighted by atomic mass is 32.1. The topological polar surface area (TPSA) is 81.3 Å². The first-order valence-corrected chi connectivity index (χ1v) is 5.54. The van der Waals surface area contributed by atoms with Crippen LogP contribution in [0.5, 0.6) is 5.75 Å². The Morgan fingerprint density at radius 3 is 2.59 bits per heavy atom. The van der Waals surface area contributed by atoms with E-state index in [9.17, 15) is 9.90 Å². The summed E-state index contributed by atoms with van der Waals surface area (Å²) in [6.07, 6.45) is 0. The summed E-state index contributed by atoms with van der Waals surface area (Å²) in [5.41, 5.74) is 1.65. The van der Waals surface area contributed by atoms with Crippen molar-refractivity contribution in [2.45, 2.75) is 0 Å². The summed E-state index contributed by atoms with van der Waals surface area (Å²) < 4.78 is 0. The van der Waals surface area contributed by atoms with E-state index >= 15 is 0 Å². The van der Waals surface area contributed by atoms with Crippen LogP contribution in [0, 0.1) is 11.3 Å². The number of nitrogens with zero attached hydrogens (tertiary/aromatic N) is 1. The Morgan fingerprint density at radius 2 is 2.00 bits per heavy atom. The predicted molar refractivity (Wildman–Crippen MR) is 63.1 cm³/mol. The van der Waals surface area contributed by atoms with E-state index in [2.05, 4.69) is 0 Å². The molecule has 2 aromatic rings. The van der Waals surface area contributed by atoms with Gasteiger partial charge in [0, 0.05) is 0 Å². The minimum atomic E-state index is -0.984. The van der Waals surface area contributed by atoms with Crippen LogP contribution < -0.4 is 0 Å². The van der Waals surface area contributed by atoms with E-state index in [1.54, 1.807) is 11.4 Å². The van der Waals surface area contributed by atoms with Crippen LogP contribution in [0.25, 0.3) is 11.1 Å². The third kappa shape index (κ3) is 2.27. The molecule has 0 fully saturated rings. The van der Waals surface area contributed by atoms with Gasteiger partial charge in [-0.3, -0.25) is 0 Å². The number of carboxylic acids is 1. The number of rotatable bonds is 2. The number of carbonyl (C=O) groups is 1. The quantitative estimate of drug-likeness (QED) is 0.852. The van der Waals surface area contributed by atoms with Gasteiger partial charge in [0.2, 0.25) is 0 Å². The number of aromatic carboxylic acids is 1. The number of hydrogen-bond donors (Lipinski definition) is 2. The third-order valence-electron chi connectivity index (χ3n) is 2.19.